The van der Waals surface area contributed by atoms with Crippen LogP contribution >= 0.6 is 11.3 Å². The van der Waals surface area contributed by atoms with E-state index in [2.05, 4.69) is 15.6 Å². The molecule has 0 unspecified atom stereocenters. The molecule has 0 bridgehead atoms. The van der Waals surface area contributed by atoms with Gasteiger partial charge in [0.05, 0.1) is 11.2 Å². The maximum Gasteiger partial charge on any atom is 0.251 e. The van der Waals surface area contributed by atoms with Gasteiger partial charge in [-0.1, -0.05) is 13.0 Å². The van der Waals surface area contributed by atoms with E-state index in [-0.39, 0.29) is 11.8 Å². The van der Waals surface area contributed by atoms with E-state index in [1.54, 1.807) is 29.8 Å². The molecular formula is C16H19N3O2S. The van der Waals surface area contributed by atoms with Gasteiger partial charge in [0.15, 0.2) is 0 Å². The van der Waals surface area contributed by atoms with E-state index >= 15 is 0 Å². The van der Waals surface area contributed by atoms with Gasteiger partial charge in [-0.25, -0.2) is 4.98 Å². The number of carbonyl (C=O) groups excluding carboxylic acids is 2. The van der Waals surface area contributed by atoms with E-state index in [1.807, 2.05) is 12.3 Å². The van der Waals surface area contributed by atoms with Crippen LogP contribution in [0.2, 0.25) is 0 Å². The summed E-state index contributed by atoms with van der Waals surface area (Å²) in [6, 6.07) is 6.74. The molecule has 5 nitrogen and oxygen atoms in total. The lowest BCUT2D eigenvalue weighted by atomic mass is 10.1. The standard InChI is InChI=1S/C16H19N3O2S/c1-2-7-17-15(20)12-4-3-5-13(9-12)16(21)18-8-6-14-10-22-11-19-14/h3-5,9-11H,2,6-8H2,1H3,(H,17,20)(H,18,21). The first-order valence-corrected chi connectivity index (χ1v) is 8.18. The SMILES string of the molecule is CCCNC(=O)c1cccc(C(=O)NCCc2cscn2)c1. The van der Waals surface area contributed by atoms with E-state index in [9.17, 15) is 9.59 Å². The maximum absolute atomic E-state index is 12.1. The Kier molecular flexibility index (Phi) is 6.09. The molecule has 2 rings (SSSR count). The van der Waals surface area contributed by atoms with Gasteiger partial charge in [-0.3, -0.25) is 9.59 Å². The van der Waals surface area contributed by atoms with E-state index in [1.165, 1.54) is 11.3 Å². The maximum atomic E-state index is 12.1. The molecule has 2 amide bonds. The van der Waals surface area contributed by atoms with Crippen LogP contribution in [0.3, 0.4) is 0 Å². The Bertz CT molecular complexity index is 626. The second kappa shape index (κ2) is 8.29. The summed E-state index contributed by atoms with van der Waals surface area (Å²) >= 11 is 1.54. The van der Waals surface area contributed by atoms with Gasteiger partial charge in [0.25, 0.3) is 11.8 Å². The summed E-state index contributed by atoms with van der Waals surface area (Å²) in [5.41, 5.74) is 3.73. The van der Waals surface area contributed by atoms with Crippen LogP contribution in [0.4, 0.5) is 0 Å². The Morgan fingerprint density at radius 3 is 2.41 bits per heavy atom. The van der Waals surface area contributed by atoms with Crippen LogP contribution in [0.15, 0.2) is 35.2 Å². The van der Waals surface area contributed by atoms with Crippen LogP contribution in [-0.2, 0) is 6.42 Å². The van der Waals surface area contributed by atoms with Gasteiger partial charge in [0, 0.05) is 36.0 Å². The smallest absolute Gasteiger partial charge is 0.251 e. The molecule has 0 saturated heterocycles. The van der Waals surface area contributed by atoms with Crippen molar-refractivity contribution in [3.05, 3.63) is 52.0 Å². The van der Waals surface area contributed by atoms with Gasteiger partial charge >= 0.3 is 0 Å². The molecule has 0 spiro atoms. The molecule has 6 heteroatoms. The van der Waals surface area contributed by atoms with Gasteiger partial charge < -0.3 is 10.6 Å². The molecule has 2 N–H and O–H groups in total. The third-order valence-electron chi connectivity index (χ3n) is 3.07. The molecule has 0 atom stereocenters. The molecule has 116 valence electrons. The summed E-state index contributed by atoms with van der Waals surface area (Å²) in [6.45, 7) is 3.14. The fraction of sp³-hybridized carbons (Fsp3) is 0.312. The number of hydrogen-bond donors (Lipinski definition) is 2. The summed E-state index contributed by atoms with van der Waals surface area (Å²) in [4.78, 5) is 28.2. The van der Waals surface area contributed by atoms with Crippen LogP contribution in [0.5, 0.6) is 0 Å². The third kappa shape index (κ3) is 4.66. The Labute approximate surface area is 133 Å². The topological polar surface area (TPSA) is 71.1 Å². The van der Waals surface area contributed by atoms with Crippen molar-refractivity contribution >= 4 is 23.2 Å². The normalized spacial score (nSPS) is 10.2. The number of hydrogen-bond acceptors (Lipinski definition) is 4. The number of nitrogens with one attached hydrogen (secondary N) is 2. The van der Waals surface area contributed by atoms with E-state index in [4.69, 9.17) is 0 Å². The number of aromatic nitrogens is 1. The highest BCUT2D eigenvalue weighted by molar-refractivity contribution is 7.07. The number of thiazole rings is 1. The van der Waals surface area contributed by atoms with Crippen molar-refractivity contribution in [2.75, 3.05) is 13.1 Å². The lowest BCUT2D eigenvalue weighted by molar-refractivity contribution is 0.0953. The highest BCUT2D eigenvalue weighted by Gasteiger charge is 2.10. The summed E-state index contributed by atoms with van der Waals surface area (Å²) in [7, 11) is 0. The zero-order valence-electron chi connectivity index (χ0n) is 12.5. The van der Waals surface area contributed by atoms with Crippen molar-refractivity contribution in [1.29, 1.82) is 0 Å². The van der Waals surface area contributed by atoms with E-state index in [0.717, 1.165) is 12.1 Å². The highest BCUT2D eigenvalue weighted by Crippen LogP contribution is 2.06. The quantitative estimate of drug-likeness (QED) is 0.823. The first-order valence-electron chi connectivity index (χ1n) is 7.24. The third-order valence-corrected chi connectivity index (χ3v) is 3.71. The van der Waals surface area contributed by atoms with Gasteiger partial charge in [0.2, 0.25) is 0 Å². The van der Waals surface area contributed by atoms with E-state index < -0.39 is 0 Å². The van der Waals surface area contributed by atoms with E-state index in [0.29, 0.717) is 30.6 Å². The highest BCUT2D eigenvalue weighted by atomic mass is 32.1. The van der Waals surface area contributed by atoms with Gasteiger partial charge in [-0.05, 0) is 24.6 Å². The van der Waals surface area contributed by atoms with Crippen molar-refractivity contribution in [2.24, 2.45) is 0 Å². The average Bonchev–Trinajstić information content (AvgIpc) is 3.06. The summed E-state index contributed by atoms with van der Waals surface area (Å²) in [5, 5.41) is 7.60. The Morgan fingerprint density at radius 1 is 1.14 bits per heavy atom. The molecule has 0 aliphatic rings. The molecule has 1 aromatic heterocycles. The Morgan fingerprint density at radius 2 is 1.82 bits per heavy atom. The Balaban J connectivity index is 1.90. The fourth-order valence-electron chi connectivity index (χ4n) is 1.91. The lowest BCUT2D eigenvalue weighted by Gasteiger charge is -2.07. The minimum Gasteiger partial charge on any atom is -0.352 e. The lowest BCUT2D eigenvalue weighted by Crippen LogP contribution is -2.27. The number of nitrogens with zero attached hydrogens (tertiary/aromatic N) is 1. The molecular weight excluding hydrogens is 298 g/mol. The number of amides is 2. The monoisotopic (exact) mass is 317 g/mol. The first kappa shape index (κ1) is 16.2. The second-order valence-electron chi connectivity index (χ2n) is 4.82. The van der Waals surface area contributed by atoms with Crippen molar-refractivity contribution in [3.8, 4) is 0 Å². The van der Waals surface area contributed by atoms with Crippen LogP contribution in [0.25, 0.3) is 0 Å². The van der Waals surface area contributed by atoms with Crippen molar-refractivity contribution in [1.82, 2.24) is 15.6 Å². The van der Waals surface area contributed by atoms with Crippen LogP contribution < -0.4 is 10.6 Å². The van der Waals surface area contributed by atoms with Crippen molar-refractivity contribution < 1.29 is 9.59 Å². The summed E-state index contributed by atoms with van der Waals surface area (Å²) in [5.74, 6) is -0.334. The zero-order valence-corrected chi connectivity index (χ0v) is 13.3. The van der Waals surface area contributed by atoms with Crippen LogP contribution in [-0.4, -0.2) is 29.9 Å². The molecule has 1 aromatic carbocycles. The molecule has 22 heavy (non-hydrogen) atoms. The molecule has 0 saturated carbocycles. The molecule has 0 aliphatic heterocycles. The van der Waals surface area contributed by atoms with Crippen LogP contribution in [0, 0.1) is 0 Å². The zero-order chi connectivity index (χ0) is 15.8. The molecule has 0 aliphatic carbocycles. The fourth-order valence-corrected chi connectivity index (χ4v) is 2.50. The molecule has 0 radical (unpaired) electrons. The second-order valence-corrected chi connectivity index (χ2v) is 5.54. The number of carbonyl (C=O) groups is 2. The molecule has 0 fully saturated rings. The number of benzene rings is 1. The number of rotatable bonds is 7. The minimum atomic E-state index is -0.180. The van der Waals surface area contributed by atoms with Gasteiger partial charge in [0.1, 0.15) is 0 Å². The van der Waals surface area contributed by atoms with Gasteiger partial charge in [-0.2, -0.15) is 0 Å². The first-order chi connectivity index (χ1) is 10.7. The summed E-state index contributed by atoms with van der Waals surface area (Å²) in [6.07, 6.45) is 1.58. The predicted octanol–water partition coefficient (Wildman–Crippen LogP) is 2.26. The summed E-state index contributed by atoms with van der Waals surface area (Å²) < 4.78 is 0. The van der Waals surface area contributed by atoms with Crippen molar-refractivity contribution in [2.45, 2.75) is 19.8 Å². The Hall–Kier alpha value is -2.21. The molecule has 2 aromatic rings. The average molecular weight is 317 g/mol. The largest absolute Gasteiger partial charge is 0.352 e. The minimum absolute atomic E-state index is 0.154. The van der Waals surface area contributed by atoms with Crippen molar-refractivity contribution in [3.63, 3.8) is 0 Å². The predicted molar refractivity (Wildman–Crippen MR) is 87.2 cm³/mol. The van der Waals surface area contributed by atoms with Crippen LogP contribution in [0.1, 0.15) is 39.8 Å². The van der Waals surface area contributed by atoms with Gasteiger partial charge in [-0.15, -0.1) is 11.3 Å². The molecule has 1 heterocycles.